The second kappa shape index (κ2) is 6.85. The molecule has 0 aromatic heterocycles. The predicted octanol–water partition coefficient (Wildman–Crippen LogP) is 1.80. The molecule has 110 valence electrons. The van der Waals surface area contributed by atoms with Gasteiger partial charge in [-0.1, -0.05) is 18.9 Å². The van der Waals surface area contributed by atoms with E-state index in [0.717, 1.165) is 5.56 Å². The van der Waals surface area contributed by atoms with Gasteiger partial charge in [0.05, 0.1) is 0 Å². The first-order valence-electron chi connectivity index (χ1n) is 6.79. The van der Waals surface area contributed by atoms with E-state index in [1.165, 1.54) is 0 Å². The van der Waals surface area contributed by atoms with E-state index in [9.17, 15) is 4.79 Å². The third-order valence-corrected chi connectivity index (χ3v) is 3.61. The number of likely N-dealkylation sites (N-methyl/N-ethyl adjacent to an activating group) is 1. The Morgan fingerprint density at radius 3 is 2.55 bits per heavy atom. The molecular weight excluding hydrogens is 276 g/mol. The zero-order chi connectivity index (χ0) is 14.5. The molecule has 1 atom stereocenters. The van der Waals surface area contributed by atoms with Crippen LogP contribution in [0, 0.1) is 0 Å². The van der Waals surface area contributed by atoms with E-state index in [-0.39, 0.29) is 5.91 Å². The van der Waals surface area contributed by atoms with Gasteiger partial charge in [-0.15, -0.1) is 0 Å². The number of thiol groups is 1. The van der Waals surface area contributed by atoms with Crippen LogP contribution in [-0.4, -0.2) is 37.1 Å². The summed E-state index contributed by atoms with van der Waals surface area (Å²) in [4.78, 5) is 14.2. The molecule has 0 spiro atoms. The summed E-state index contributed by atoms with van der Waals surface area (Å²) in [6, 6.07) is 5.04. The molecule has 0 saturated heterocycles. The summed E-state index contributed by atoms with van der Waals surface area (Å²) in [5, 5.41) is 0. The van der Waals surface area contributed by atoms with Gasteiger partial charge >= 0.3 is 0 Å². The van der Waals surface area contributed by atoms with Crippen molar-refractivity contribution in [1.82, 2.24) is 9.62 Å². The van der Waals surface area contributed by atoms with Crippen LogP contribution in [0.2, 0.25) is 0 Å². The predicted molar refractivity (Wildman–Crippen MR) is 80.2 cm³/mol. The minimum absolute atomic E-state index is 0.00155. The van der Waals surface area contributed by atoms with Crippen LogP contribution >= 0.6 is 12.8 Å². The van der Waals surface area contributed by atoms with Crippen molar-refractivity contribution in [1.29, 1.82) is 0 Å². The van der Waals surface area contributed by atoms with Crippen LogP contribution in [-0.2, 0) is 4.79 Å². The Hall–Kier alpha value is -1.40. The van der Waals surface area contributed by atoms with Crippen LogP contribution in [0.15, 0.2) is 18.2 Å². The number of fused-ring (bicyclic) bond motifs is 1. The van der Waals surface area contributed by atoms with Gasteiger partial charge in [0.1, 0.15) is 19.3 Å². The van der Waals surface area contributed by atoms with E-state index in [2.05, 4.69) is 17.5 Å². The summed E-state index contributed by atoms with van der Waals surface area (Å²) in [6.45, 7) is 6.34. The molecule has 6 heteroatoms. The van der Waals surface area contributed by atoms with Gasteiger partial charge in [-0.2, -0.15) is 0 Å². The molecule has 0 saturated carbocycles. The number of carbonyl (C=O) groups is 1. The molecule has 20 heavy (non-hydrogen) atoms. The van der Waals surface area contributed by atoms with Gasteiger partial charge in [-0.05, 0) is 31.5 Å². The van der Waals surface area contributed by atoms with Crippen molar-refractivity contribution >= 4 is 18.7 Å². The first-order valence-corrected chi connectivity index (χ1v) is 7.23. The average molecular weight is 296 g/mol. The van der Waals surface area contributed by atoms with Crippen molar-refractivity contribution in [2.75, 3.05) is 26.3 Å². The van der Waals surface area contributed by atoms with Gasteiger partial charge in [0.25, 0.3) is 0 Å². The SMILES string of the molecule is CCN(CC)C(=O)C(NS)c1ccc2c(c1)OCCO2. The molecule has 1 aliphatic rings. The fourth-order valence-electron chi connectivity index (χ4n) is 2.23. The van der Waals surface area contributed by atoms with Gasteiger partial charge in [0.15, 0.2) is 11.5 Å². The largest absolute Gasteiger partial charge is 0.486 e. The molecule has 0 fully saturated rings. The van der Waals surface area contributed by atoms with Gasteiger partial charge < -0.3 is 14.4 Å². The van der Waals surface area contributed by atoms with Gasteiger partial charge in [-0.25, -0.2) is 0 Å². The van der Waals surface area contributed by atoms with E-state index in [0.29, 0.717) is 37.8 Å². The Kier molecular flexibility index (Phi) is 5.14. The Morgan fingerprint density at radius 2 is 1.95 bits per heavy atom. The number of ether oxygens (including phenoxy) is 2. The number of hydrogen-bond donors (Lipinski definition) is 2. The maximum absolute atomic E-state index is 12.4. The van der Waals surface area contributed by atoms with Crippen molar-refractivity contribution in [3.8, 4) is 11.5 Å². The number of amides is 1. The molecule has 1 amide bonds. The van der Waals surface area contributed by atoms with Crippen LogP contribution in [0.1, 0.15) is 25.5 Å². The highest BCUT2D eigenvalue weighted by atomic mass is 32.1. The minimum atomic E-state index is -0.492. The molecular formula is C14H20N2O3S. The van der Waals surface area contributed by atoms with E-state index in [1.54, 1.807) is 4.90 Å². The van der Waals surface area contributed by atoms with E-state index >= 15 is 0 Å². The lowest BCUT2D eigenvalue weighted by molar-refractivity contribution is -0.132. The van der Waals surface area contributed by atoms with Crippen molar-refractivity contribution in [2.24, 2.45) is 0 Å². The highest BCUT2D eigenvalue weighted by Crippen LogP contribution is 2.33. The Labute approximate surface area is 124 Å². The van der Waals surface area contributed by atoms with E-state index in [1.807, 2.05) is 32.0 Å². The van der Waals surface area contributed by atoms with Crippen LogP contribution in [0.5, 0.6) is 11.5 Å². The summed E-state index contributed by atoms with van der Waals surface area (Å²) < 4.78 is 13.8. The van der Waals surface area contributed by atoms with Crippen LogP contribution < -0.4 is 14.2 Å². The maximum Gasteiger partial charge on any atom is 0.245 e. The molecule has 1 aromatic carbocycles. The summed E-state index contributed by atoms with van der Waals surface area (Å²) in [5.41, 5.74) is 0.821. The number of benzene rings is 1. The monoisotopic (exact) mass is 296 g/mol. The highest BCUT2D eigenvalue weighted by molar-refractivity contribution is 7.78. The third-order valence-electron chi connectivity index (χ3n) is 3.35. The van der Waals surface area contributed by atoms with Gasteiger partial charge in [-0.3, -0.25) is 9.52 Å². The fraction of sp³-hybridized carbons (Fsp3) is 0.500. The minimum Gasteiger partial charge on any atom is -0.486 e. The first-order chi connectivity index (χ1) is 9.71. The molecule has 5 nitrogen and oxygen atoms in total. The Bertz CT molecular complexity index is 477. The number of nitrogens with one attached hydrogen (secondary N) is 1. The molecule has 1 N–H and O–H groups in total. The summed E-state index contributed by atoms with van der Waals surface area (Å²) in [5.74, 6) is 1.39. The zero-order valence-electron chi connectivity index (χ0n) is 11.8. The van der Waals surface area contributed by atoms with E-state index in [4.69, 9.17) is 9.47 Å². The molecule has 2 rings (SSSR count). The van der Waals surface area contributed by atoms with Crippen LogP contribution in [0.25, 0.3) is 0 Å². The molecule has 1 aliphatic heterocycles. The number of rotatable bonds is 5. The lowest BCUT2D eigenvalue weighted by atomic mass is 10.1. The van der Waals surface area contributed by atoms with Crippen molar-refractivity contribution < 1.29 is 14.3 Å². The molecule has 0 aliphatic carbocycles. The van der Waals surface area contributed by atoms with Crippen LogP contribution in [0.3, 0.4) is 0 Å². The maximum atomic E-state index is 12.4. The van der Waals surface area contributed by atoms with Crippen molar-refractivity contribution in [3.63, 3.8) is 0 Å². The normalized spacial score (nSPS) is 14.8. The zero-order valence-corrected chi connectivity index (χ0v) is 12.7. The summed E-state index contributed by atoms with van der Waals surface area (Å²) in [6.07, 6.45) is 0. The molecule has 1 heterocycles. The molecule has 1 aromatic rings. The summed E-state index contributed by atoms with van der Waals surface area (Å²) in [7, 11) is 0. The lowest BCUT2D eigenvalue weighted by Crippen LogP contribution is -2.38. The number of nitrogens with zero attached hydrogens (tertiary/aromatic N) is 1. The number of hydrogen-bond acceptors (Lipinski definition) is 5. The second-order valence-corrected chi connectivity index (χ2v) is 4.73. The second-order valence-electron chi connectivity index (χ2n) is 4.48. The quantitative estimate of drug-likeness (QED) is 0.814. The van der Waals surface area contributed by atoms with E-state index < -0.39 is 6.04 Å². The Balaban J connectivity index is 2.25. The standard InChI is InChI=1S/C14H20N2O3S/c1-3-16(4-2)14(17)13(15-20)10-5-6-11-12(9-10)19-8-7-18-11/h5-6,9,13,15,20H,3-4,7-8H2,1-2H3. The Morgan fingerprint density at radius 1 is 1.30 bits per heavy atom. The third kappa shape index (κ3) is 3.02. The summed E-state index contributed by atoms with van der Waals surface area (Å²) >= 11 is 4.10. The molecule has 0 bridgehead atoms. The topological polar surface area (TPSA) is 50.8 Å². The fourth-order valence-corrected chi connectivity index (χ4v) is 2.49. The molecule has 0 radical (unpaired) electrons. The first kappa shape index (κ1) is 15.0. The number of carbonyl (C=O) groups excluding carboxylic acids is 1. The van der Waals surface area contributed by atoms with Crippen molar-refractivity contribution in [2.45, 2.75) is 19.9 Å². The average Bonchev–Trinajstić information content (AvgIpc) is 2.49. The lowest BCUT2D eigenvalue weighted by Gasteiger charge is -2.26. The van der Waals surface area contributed by atoms with Gasteiger partial charge in [0.2, 0.25) is 5.91 Å². The highest BCUT2D eigenvalue weighted by Gasteiger charge is 2.25. The van der Waals surface area contributed by atoms with Gasteiger partial charge in [0, 0.05) is 13.1 Å². The van der Waals surface area contributed by atoms with Crippen LogP contribution in [0.4, 0.5) is 0 Å². The molecule has 1 unspecified atom stereocenters. The van der Waals surface area contributed by atoms with Crippen molar-refractivity contribution in [3.05, 3.63) is 23.8 Å². The smallest absolute Gasteiger partial charge is 0.245 e.